The van der Waals surface area contributed by atoms with Crippen molar-refractivity contribution in [3.8, 4) is 0 Å². The van der Waals surface area contributed by atoms with Crippen molar-refractivity contribution >= 4 is 49.6 Å². The molecule has 120 valence electrons. The van der Waals surface area contributed by atoms with Gasteiger partial charge in [-0.3, -0.25) is 0 Å². The molecule has 26 heavy (non-hydrogen) atoms. The van der Waals surface area contributed by atoms with E-state index in [1.165, 1.54) is 66.1 Å². The van der Waals surface area contributed by atoms with Crippen LogP contribution in [0.3, 0.4) is 0 Å². The van der Waals surface area contributed by atoms with Crippen LogP contribution in [0.4, 0.5) is 0 Å². The lowest BCUT2D eigenvalue weighted by Gasteiger charge is -1.99. The van der Waals surface area contributed by atoms with Gasteiger partial charge in [-0.2, -0.15) is 0 Å². The summed E-state index contributed by atoms with van der Waals surface area (Å²) in [4.78, 5) is 1.25. The first-order chi connectivity index (χ1) is 12.8. The van der Waals surface area contributed by atoms with Crippen molar-refractivity contribution in [2.24, 2.45) is 0 Å². The normalized spacial score (nSPS) is 12.8. The molecule has 0 aliphatic heterocycles. The van der Waals surface area contributed by atoms with Gasteiger partial charge in [0.15, 0.2) is 0 Å². The fourth-order valence-corrected chi connectivity index (χ4v) is 7.02. The van der Waals surface area contributed by atoms with Crippen LogP contribution in [-0.2, 0) is 0 Å². The third kappa shape index (κ3) is 1.36. The van der Waals surface area contributed by atoms with Gasteiger partial charge in [0.1, 0.15) is 0 Å². The smallest absolute Gasteiger partial charge is 0.0440 e. The number of rotatable bonds is 1. The Hall–Kier alpha value is -2.68. The van der Waals surface area contributed by atoms with E-state index in [1.54, 1.807) is 0 Å². The Labute approximate surface area is 155 Å². The summed E-state index contributed by atoms with van der Waals surface area (Å²) in [6.45, 7) is 3.95. The number of hydrogen-bond acceptors (Lipinski definition) is 2. The Kier molecular flexibility index (Phi) is 2.26. The fraction of sp³-hybridized carbons (Fsp3) is 0. The van der Waals surface area contributed by atoms with E-state index in [1.807, 2.05) is 28.7 Å². The molecule has 0 amide bonds. The molecule has 0 fully saturated rings. The Morgan fingerprint density at radius 1 is 0.692 bits per heavy atom. The highest BCUT2D eigenvalue weighted by Gasteiger charge is 2.16. The molecule has 0 unspecified atom stereocenters. The molecule has 0 spiro atoms. The fourth-order valence-electron chi connectivity index (χ4n) is 4.72. The van der Waals surface area contributed by atoms with Crippen molar-refractivity contribution < 1.29 is 0 Å². The van der Waals surface area contributed by atoms with E-state index in [0.717, 1.165) is 0 Å². The van der Waals surface area contributed by atoms with E-state index in [4.69, 9.17) is 0 Å². The maximum atomic E-state index is 3.95. The summed E-state index contributed by atoms with van der Waals surface area (Å²) in [5, 5.41) is 12.7. The summed E-state index contributed by atoms with van der Waals surface area (Å²) in [6, 6.07) is 20.4. The highest BCUT2D eigenvalue weighted by molar-refractivity contribution is 7.17. The first-order valence-electron chi connectivity index (χ1n) is 8.74. The van der Waals surface area contributed by atoms with Gasteiger partial charge < -0.3 is 0 Å². The minimum absolute atomic E-state index is 1.25. The summed E-state index contributed by atoms with van der Waals surface area (Å²) in [7, 11) is 0. The zero-order chi connectivity index (χ0) is 17.0. The van der Waals surface area contributed by atoms with Crippen LogP contribution in [0.25, 0.3) is 26.9 Å². The third-order valence-electron chi connectivity index (χ3n) is 5.76. The molecule has 2 aliphatic rings. The van der Waals surface area contributed by atoms with Crippen molar-refractivity contribution in [3.63, 3.8) is 0 Å². The molecule has 2 aliphatic carbocycles. The van der Waals surface area contributed by atoms with Crippen LogP contribution in [0.1, 0.15) is 4.88 Å². The quantitative estimate of drug-likeness (QED) is 0.310. The van der Waals surface area contributed by atoms with Crippen molar-refractivity contribution in [2.45, 2.75) is 0 Å². The van der Waals surface area contributed by atoms with E-state index in [0.29, 0.717) is 0 Å². The first-order valence-corrected chi connectivity index (χ1v) is 10.4. The SMILES string of the molecule is C=Cc1cc2c(s1)=c1ccc3c4c(ccc=2c14)=c1c=3sc2ccccc12. The summed E-state index contributed by atoms with van der Waals surface area (Å²) >= 11 is 3.79. The molecule has 7 rings (SSSR count). The Balaban J connectivity index is 1.92. The number of fused-ring (bicyclic) bond motifs is 4. The molecule has 0 radical (unpaired) electrons. The molecule has 0 saturated heterocycles. The molecule has 0 atom stereocenters. The molecule has 5 aromatic rings. The van der Waals surface area contributed by atoms with Gasteiger partial charge in [0, 0.05) is 44.9 Å². The zero-order valence-corrected chi connectivity index (χ0v) is 15.4. The van der Waals surface area contributed by atoms with Gasteiger partial charge in [0.25, 0.3) is 0 Å². The molecule has 0 bridgehead atoms. The molecule has 2 heterocycles. The van der Waals surface area contributed by atoms with Gasteiger partial charge in [0.05, 0.1) is 0 Å². The monoisotopic (exact) mass is 364 g/mol. The highest BCUT2D eigenvalue weighted by Crippen LogP contribution is 2.35. The van der Waals surface area contributed by atoms with Gasteiger partial charge in [-0.1, -0.05) is 55.1 Å². The molecule has 2 heteroatoms. The van der Waals surface area contributed by atoms with E-state index in [2.05, 4.69) is 61.2 Å². The standard InChI is InChI=1S/C24H12S2/c1-2-12-11-18-13-7-8-15-21-17(10-9-16(20(13)21)23(18)25-12)24-22(15)14-5-3-4-6-19(14)26-24/h2-11H,1H2. The van der Waals surface area contributed by atoms with Crippen molar-refractivity contribution in [2.75, 3.05) is 0 Å². The lowest BCUT2D eigenvalue weighted by Crippen LogP contribution is -1.79. The van der Waals surface area contributed by atoms with E-state index < -0.39 is 0 Å². The van der Waals surface area contributed by atoms with Crippen LogP contribution >= 0.6 is 22.7 Å². The predicted molar refractivity (Wildman–Crippen MR) is 111 cm³/mol. The Bertz CT molecular complexity index is 1810. The van der Waals surface area contributed by atoms with Gasteiger partial charge in [-0.15, -0.1) is 22.7 Å². The minimum atomic E-state index is 1.25. The molecule has 2 aromatic heterocycles. The maximum absolute atomic E-state index is 3.95. The number of hydrogen-bond donors (Lipinski definition) is 0. The molecule has 3 aromatic carbocycles. The van der Waals surface area contributed by atoms with Crippen LogP contribution in [0, 0.1) is 40.4 Å². The largest absolute Gasteiger partial charge is 0.135 e. The molecule has 0 N–H and O–H groups in total. The van der Waals surface area contributed by atoms with E-state index in [-0.39, 0.29) is 0 Å². The van der Waals surface area contributed by atoms with Crippen LogP contribution < -0.4 is 0 Å². The average molecular weight is 364 g/mol. The van der Waals surface area contributed by atoms with Crippen LogP contribution in [0.2, 0.25) is 0 Å². The maximum Gasteiger partial charge on any atom is 0.0440 e. The zero-order valence-electron chi connectivity index (χ0n) is 13.8. The lowest BCUT2D eigenvalue weighted by molar-refractivity contribution is 1.58. The Morgan fingerprint density at radius 2 is 1.42 bits per heavy atom. The number of thiophene rings is 2. The summed E-state index contributed by atoms with van der Waals surface area (Å²) in [5.41, 5.74) is 0. The second kappa shape index (κ2) is 4.35. The van der Waals surface area contributed by atoms with Crippen LogP contribution in [-0.4, -0.2) is 0 Å². The van der Waals surface area contributed by atoms with Crippen molar-refractivity contribution in [1.29, 1.82) is 0 Å². The molecular weight excluding hydrogens is 352 g/mol. The summed E-state index contributed by atoms with van der Waals surface area (Å²) in [6.07, 6.45) is 1.96. The molecule has 0 nitrogen and oxygen atoms in total. The predicted octanol–water partition coefficient (Wildman–Crippen LogP) is 6.53. The molecule has 0 saturated carbocycles. The van der Waals surface area contributed by atoms with E-state index >= 15 is 0 Å². The summed E-state index contributed by atoms with van der Waals surface area (Å²) < 4.78 is 4.22. The minimum Gasteiger partial charge on any atom is -0.135 e. The van der Waals surface area contributed by atoms with Crippen LogP contribution in [0.5, 0.6) is 0 Å². The van der Waals surface area contributed by atoms with Gasteiger partial charge in [-0.25, -0.2) is 0 Å². The van der Waals surface area contributed by atoms with Gasteiger partial charge in [-0.05, 0) is 33.3 Å². The van der Waals surface area contributed by atoms with E-state index in [9.17, 15) is 0 Å². The summed E-state index contributed by atoms with van der Waals surface area (Å²) in [5.74, 6) is 0. The number of benzene rings is 3. The van der Waals surface area contributed by atoms with Crippen molar-refractivity contribution in [1.82, 2.24) is 0 Å². The van der Waals surface area contributed by atoms with Gasteiger partial charge >= 0.3 is 0 Å². The topological polar surface area (TPSA) is 0 Å². The molecular formula is C24H12S2. The second-order valence-corrected chi connectivity index (χ2v) is 9.11. The average Bonchev–Trinajstić information content (AvgIpc) is 3.39. The second-order valence-electron chi connectivity index (χ2n) is 6.97. The van der Waals surface area contributed by atoms with Gasteiger partial charge in [0.2, 0.25) is 0 Å². The third-order valence-corrected chi connectivity index (χ3v) is 8.13. The van der Waals surface area contributed by atoms with Crippen molar-refractivity contribution in [3.05, 3.63) is 106 Å². The highest BCUT2D eigenvalue weighted by atomic mass is 32.1. The van der Waals surface area contributed by atoms with Crippen LogP contribution in [0.15, 0.2) is 61.2 Å². The lowest BCUT2D eigenvalue weighted by atomic mass is 10.1. The Morgan fingerprint density at radius 3 is 2.31 bits per heavy atom. The first kappa shape index (κ1) is 13.5.